The largest absolute Gasteiger partial charge is 0.427 e. The first kappa shape index (κ1) is 12.6. The van der Waals surface area contributed by atoms with Crippen LogP contribution in [0.4, 0.5) is 0 Å². The van der Waals surface area contributed by atoms with Crippen LogP contribution in [0.3, 0.4) is 0 Å². The van der Waals surface area contributed by atoms with Gasteiger partial charge in [-0.05, 0) is 33.2 Å². The van der Waals surface area contributed by atoms with Gasteiger partial charge in [-0.3, -0.25) is 0 Å². The second-order valence-electron chi connectivity index (χ2n) is 4.95. The molecule has 0 aromatic carbocycles. The van der Waals surface area contributed by atoms with Crippen LogP contribution < -0.4 is 5.43 Å². The second-order valence-corrected chi connectivity index (χ2v) is 4.95. The van der Waals surface area contributed by atoms with Gasteiger partial charge in [0.05, 0.1) is 11.2 Å². The molecule has 0 aromatic rings. The van der Waals surface area contributed by atoms with Crippen LogP contribution in [0.5, 0.6) is 0 Å². The molecule has 85 valence electrons. The highest BCUT2D eigenvalue weighted by Crippen LogP contribution is 2.25. The highest BCUT2D eigenvalue weighted by molar-refractivity contribution is 6.38. The van der Waals surface area contributed by atoms with E-state index in [2.05, 4.69) is 5.43 Å². The van der Waals surface area contributed by atoms with Gasteiger partial charge >= 0.3 is 7.48 Å². The van der Waals surface area contributed by atoms with E-state index in [9.17, 15) is 5.11 Å². The molecule has 5 heteroatoms. The van der Waals surface area contributed by atoms with E-state index in [1.807, 2.05) is 32.1 Å². The van der Waals surface area contributed by atoms with Gasteiger partial charge in [-0.15, -0.1) is 0 Å². The number of hydrogen-bond acceptors (Lipinski definition) is 4. The number of hydrogen-bond donors (Lipinski definition) is 2. The molecule has 0 fully saturated rings. The highest BCUT2D eigenvalue weighted by atomic mass is 16.5. The van der Waals surface area contributed by atoms with Crippen molar-refractivity contribution in [3.8, 4) is 0 Å². The minimum absolute atomic E-state index is 0.602. The van der Waals surface area contributed by atoms with Gasteiger partial charge in [-0.2, -0.15) is 0 Å². The van der Waals surface area contributed by atoms with Crippen LogP contribution in [0.2, 0.25) is 0 Å². The Labute approximate surface area is 92.5 Å². The van der Waals surface area contributed by atoms with Gasteiger partial charge in [-0.1, -0.05) is 0 Å². The summed E-state index contributed by atoms with van der Waals surface area (Å²) < 4.78 is 5.62. The minimum Gasteiger partial charge on any atom is -0.427 e. The lowest BCUT2D eigenvalue weighted by Crippen LogP contribution is -2.48. The van der Waals surface area contributed by atoms with E-state index in [-0.39, 0.29) is 0 Å². The molecule has 0 unspecified atom stereocenters. The van der Waals surface area contributed by atoms with Crippen LogP contribution in [-0.2, 0) is 4.65 Å². The molecule has 1 heterocycles. The molecule has 0 bridgehead atoms. The molecule has 0 spiro atoms. The van der Waals surface area contributed by atoms with Gasteiger partial charge in [0.15, 0.2) is 0 Å². The van der Waals surface area contributed by atoms with Gasteiger partial charge in [-0.25, -0.2) is 5.43 Å². The molecule has 0 aromatic heterocycles. The molecule has 0 atom stereocenters. The molecule has 0 amide bonds. The SMILES string of the molecule is CN1C=C([B]OC(C)(C)C(C)(C)O)CN1. The topological polar surface area (TPSA) is 44.7 Å². The van der Waals surface area contributed by atoms with Crippen LogP contribution in [0.1, 0.15) is 27.7 Å². The Morgan fingerprint density at radius 1 is 1.47 bits per heavy atom. The number of nitrogens with zero attached hydrogens (tertiary/aromatic N) is 1. The molecule has 1 rings (SSSR count). The van der Waals surface area contributed by atoms with Crippen LogP contribution in [0.25, 0.3) is 0 Å². The third-order valence-corrected chi connectivity index (χ3v) is 2.87. The molecule has 0 saturated carbocycles. The van der Waals surface area contributed by atoms with Crippen molar-refractivity contribution in [1.29, 1.82) is 0 Å². The summed E-state index contributed by atoms with van der Waals surface area (Å²) >= 11 is 0. The van der Waals surface area contributed by atoms with Crippen molar-refractivity contribution >= 4 is 7.48 Å². The van der Waals surface area contributed by atoms with Crippen molar-refractivity contribution in [2.24, 2.45) is 0 Å². The predicted molar refractivity (Wildman–Crippen MR) is 61.1 cm³/mol. The quantitative estimate of drug-likeness (QED) is 0.663. The summed E-state index contributed by atoms with van der Waals surface area (Å²) in [5.41, 5.74) is 2.70. The third kappa shape index (κ3) is 3.22. The molecule has 4 nitrogen and oxygen atoms in total. The molecule has 1 radical (unpaired) electrons. The molecular weight excluding hydrogens is 191 g/mol. The summed E-state index contributed by atoms with van der Waals surface area (Å²) in [6, 6.07) is 0. The lowest BCUT2D eigenvalue weighted by atomic mass is 9.83. The Hall–Kier alpha value is -0.515. The lowest BCUT2D eigenvalue weighted by molar-refractivity contribution is -0.0897. The maximum Gasteiger partial charge on any atom is 0.329 e. The van der Waals surface area contributed by atoms with Gasteiger partial charge in [0.2, 0.25) is 0 Å². The summed E-state index contributed by atoms with van der Waals surface area (Å²) in [7, 11) is 3.64. The molecular formula is C10H20BN2O2. The lowest BCUT2D eigenvalue weighted by Gasteiger charge is -2.37. The summed E-state index contributed by atoms with van der Waals surface area (Å²) in [6.07, 6.45) is 1.96. The fraction of sp³-hybridized carbons (Fsp3) is 0.800. The Kier molecular flexibility index (Phi) is 3.48. The standard InChI is InChI=1S/C10H20BN2O2/c1-9(2,14)10(3,4)15-11-8-6-12-13(5)7-8/h7,12,14H,6H2,1-5H3. The molecule has 15 heavy (non-hydrogen) atoms. The summed E-state index contributed by atoms with van der Waals surface area (Å²) in [6.45, 7) is 7.99. The fourth-order valence-electron chi connectivity index (χ4n) is 0.995. The first-order valence-corrected chi connectivity index (χ1v) is 5.13. The van der Waals surface area contributed by atoms with Gasteiger partial charge in [0, 0.05) is 19.8 Å². The molecule has 2 N–H and O–H groups in total. The van der Waals surface area contributed by atoms with Crippen LogP contribution >= 0.6 is 0 Å². The van der Waals surface area contributed by atoms with Crippen LogP contribution in [0.15, 0.2) is 11.7 Å². The smallest absolute Gasteiger partial charge is 0.329 e. The zero-order valence-electron chi connectivity index (χ0n) is 10.2. The van der Waals surface area contributed by atoms with E-state index in [4.69, 9.17) is 4.65 Å². The first-order valence-electron chi connectivity index (χ1n) is 5.13. The van der Waals surface area contributed by atoms with Crippen molar-refractivity contribution in [3.63, 3.8) is 0 Å². The molecule has 0 aliphatic carbocycles. The summed E-state index contributed by atoms with van der Waals surface area (Å²) in [5.74, 6) is 0. The zero-order chi connectivity index (χ0) is 11.7. The number of hydrazine groups is 1. The van der Waals surface area contributed by atoms with Crippen molar-refractivity contribution in [2.45, 2.75) is 38.9 Å². The Morgan fingerprint density at radius 3 is 2.47 bits per heavy atom. The van der Waals surface area contributed by atoms with E-state index in [0.29, 0.717) is 0 Å². The first-order chi connectivity index (χ1) is 6.72. The Balaban J connectivity index is 2.47. The van der Waals surface area contributed by atoms with E-state index in [1.165, 1.54) is 0 Å². The average Bonchev–Trinajstić information content (AvgIpc) is 2.46. The van der Waals surface area contributed by atoms with Crippen molar-refractivity contribution in [3.05, 3.63) is 11.7 Å². The predicted octanol–water partition coefficient (Wildman–Crippen LogP) is 0.463. The second kappa shape index (κ2) is 4.16. The summed E-state index contributed by atoms with van der Waals surface area (Å²) in [5, 5.41) is 11.8. The maximum atomic E-state index is 9.88. The van der Waals surface area contributed by atoms with Crippen molar-refractivity contribution in [1.82, 2.24) is 10.4 Å². The number of nitrogens with one attached hydrogen (secondary N) is 1. The van der Waals surface area contributed by atoms with Gasteiger partial charge in [0.1, 0.15) is 0 Å². The molecule has 1 aliphatic rings. The van der Waals surface area contributed by atoms with Crippen molar-refractivity contribution in [2.75, 3.05) is 13.6 Å². The molecule has 0 saturated heterocycles. The van der Waals surface area contributed by atoms with Crippen LogP contribution in [-0.4, -0.2) is 42.4 Å². The maximum absolute atomic E-state index is 9.88. The van der Waals surface area contributed by atoms with E-state index in [0.717, 1.165) is 12.0 Å². The average molecular weight is 211 g/mol. The third-order valence-electron chi connectivity index (χ3n) is 2.87. The Bertz CT molecular complexity index is 259. The number of rotatable bonds is 4. The zero-order valence-corrected chi connectivity index (χ0v) is 10.2. The molecule has 1 aliphatic heterocycles. The fourth-order valence-corrected chi connectivity index (χ4v) is 0.995. The van der Waals surface area contributed by atoms with Crippen LogP contribution in [0, 0.1) is 0 Å². The van der Waals surface area contributed by atoms with Gasteiger partial charge in [0.25, 0.3) is 0 Å². The monoisotopic (exact) mass is 211 g/mol. The van der Waals surface area contributed by atoms with Crippen molar-refractivity contribution < 1.29 is 9.76 Å². The minimum atomic E-state index is -0.873. The van der Waals surface area contributed by atoms with E-state index in [1.54, 1.807) is 21.3 Å². The normalized spacial score (nSPS) is 18.0. The highest BCUT2D eigenvalue weighted by Gasteiger charge is 2.36. The van der Waals surface area contributed by atoms with E-state index >= 15 is 0 Å². The van der Waals surface area contributed by atoms with E-state index < -0.39 is 11.2 Å². The van der Waals surface area contributed by atoms with Gasteiger partial charge < -0.3 is 14.8 Å². The number of aliphatic hydroxyl groups is 1. The Morgan fingerprint density at radius 2 is 2.07 bits per heavy atom. The summed E-state index contributed by atoms with van der Waals surface area (Å²) in [4.78, 5) is 0.